The average Bonchev–Trinajstić information content (AvgIpc) is 2.61. The predicted molar refractivity (Wildman–Crippen MR) is 68.7 cm³/mol. The molecule has 90 valence electrons. The third-order valence-electron chi connectivity index (χ3n) is 3.01. The van der Waals surface area contributed by atoms with E-state index < -0.39 is 0 Å². The largest absolute Gasteiger partial charge is 0.374 e. The van der Waals surface area contributed by atoms with Gasteiger partial charge in [-0.25, -0.2) is 0 Å². The lowest BCUT2D eigenvalue weighted by Gasteiger charge is -2.24. The minimum Gasteiger partial charge on any atom is -0.374 e. The maximum Gasteiger partial charge on any atom is 0.0706 e. The summed E-state index contributed by atoms with van der Waals surface area (Å²) < 4.78 is 5.86. The van der Waals surface area contributed by atoms with Crippen LogP contribution >= 0.6 is 15.9 Å². The van der Waals surface area contributed by atoms with E-state index in [0.717, 1.165) is 18.4 Å². The minimum absolute atomic E-state index is 0.479. The van der Waals surface area contributed by atoms with Crippen LogP contribution in [0.5, 0.6) is 0 Å². The standard InChI is InChI=1S/C12H24BrNO/c1-3-4-8-14(9-7-13)10-12-6-5-11(2)15-12/h11-12H,3-10H2,1-2H3. The summed E-state index contributed by atoms with van der Waals surface area (Å²) >= 11 is 3.52. The van der Waals surface area contributed by atoms with E-state index in [4.69, 9.17) is 4.74 Å². The Morgan fingerprint density at radius 2 is 2.13 bits per heavy atom. The van der Waals surface area contributed by atoms with Crippen LogP contribution in [0.3, 0.4) is 0 Å². The molecule has 2 atom stereocenters. The molecule has 0 N–H and O–H groups in total. The van der Waals surface area contributed by atoms with Crippen LogP contribution in [0.25, 0.3) is 0 Å². The maximum absolute atomic E-state index is 5.86. The second-order valence-corrected chi connectivity index (χ2v) is 5.28. The van der Waals surface area contributed by atoms with E-state index in [2.05, 4.69) is 34.7 Å². The third kappa shape index (κ3) is 5.32. The van der Waals surface area contributed by atoms with Crippen molar-refractivity contribution in [1.29, 1.82) is 0 Å². The van der Waals surface area contributed by atoms with Crippen molar-refractivity contribution in [2.45, 2.75) is 51.7 Å². The first kappa shape index (κ1) is 13.5. The normalized spacial score (nSPS) is 26.4. The summed E-state index contributed by atoms with van der Waals surface area (Å²) in [6, 6.07) is 0. The molecule has 3 heteroatoms. The van der Waals surface area contributed by atoms with E-state index in [0.29, 0.717) is 12.2 Å². The van der Waals surface area contributed by atoms with Gasteiger partial charge in [0, 0.05) is 18.4 Å². The van der Waals surface area contributed by atoms with Gasteiger partial charge in [-0.3, -0.25) is 4.90 Å². The zero-order valence-corrected chi connectivity index (χ0v) is 11.6. The van der Waals surface area contributed by atoms with Gasteiger partial charge in [0.15, 0.2) is 0 Å². The van der Waals surface area contributed by atoms with Gasteiger partial charge in [-0.05, 0) is 32.7 Å². The molecular formula is C12H24BrNO. The number of unbranched alkanes of at least 4 members (excludes halogenated alkanes) is 1. The first-order valence-electron chi connectivity index (χ1n) is 6.20. The van der Waals surface area contributed by atoms with Crippen molar-refractivity contribution < 1.29 is 4.74 Å². The number of alkyl halides is 1. The van der Waals surface area contributed by atoms with Crippen molar-refractivity contribution in [3.63, 3.8) is 0 Å². The van der Waals surface area contributed by atoms with Crippen molar-refractivity contribution in [3.8, 4) is 0 Å². The van der Waals surface area contributed by atoms with Gasteiger partial charge < -0.3 is 4.74 Å². The van der Waals surface area contributed by atoms with Gasteiger partial charge >= 0.3 is 0 Å². The van der Waals surface area contributed by atoms with Gasteiger partial charge in [0.1, 0.15) is 0 Å². The second-order valence-electron chi connectivity index (χ2n) is 4.49. The molecule has 1 fully saturated rings. The molecule has 0 aromatic rings. The number of ether oxygens (including phenoxy) is 1. The van der Waals surface area contributed by atoms with Gasteiger partial charge in [0.05, 0.1) is 12.2 Å². The lowest BCUT2D eigenvalue weighted by molar-refractivity contribution is 0.0325. The van der Waals surface area contributed by atoms with Crippen molar-refractivity contribution in [2.24, 2.45) is 0 Å². The fraction of sp³-hybridized carbons (Fsp3) is 1.00. The molecule has 15 heavy (non-hydrogen) atoms. The topological polar surface area (TPSA) is 12.5 Å². The van der Waals surface area contributed by atoms with Gasteiger partial charge in [0.25, 0.3) is 0 Å². The molecule has 0 aromatic heterocycles. The summed E-state index contributed by atoms with van der Waals surface area (Å²) in [7, 11) is 0. The summed E-state index contributed by atoms with van der Waals surface area (Å²) in [5.41, 5.74) is 0. The lowest BCUT2D eigenvalue weighted by Crippen LogP contribution is -2.34. The Kier molecular flexibility index (Phi) is 6.86. The summed E-state index contributed by atoms with van der Waals surface area (Å²) in [6.45, 7) is 7.92. The second kappa shape index (κ2) is 7.64. The number of nitrogens with zero attached hydrogens (tertiary/aromatic N) is 1. The SMILES string of the molecule is CCCCN(CCBr)CC1CCC(C)O1. The van der Waals surface area contributed by atoms with Crippen LogP contribution in [0.1, 0.15) is 39.5 Å². The Morgan fingerprint density at radius 1 is 1.33 bits per heavy atom. The predicted octanol–water partition coefficient (Wildman–Crippen LogP) is 3.05. The van der Waals surface area contributed by atoms with E-state index in [1.165, 1.54) is 32.2 Å². The van der Waals surface area contributed by atoms with Gasteiger partial charge in [-0.15, -0.1) is 0 Å². The van der Waals surface area contributed by atoms with Crippen LogP contribution in [0.15, 0.2) is 0 Å². The Balaban J connectivity index is 2.23. The zero-order valence-electron chi connectivity index (χ0n) is 10.0. The van der Waals surface area contributed by atoms with Gasteiger partial charge in [0.2, 0.25) is 0 Å². The molecule has 0 bridgehead atoms. The number of halogens is 1. The van der Waals surface area contributed by atoms with Crippen LogP contribution in [-0.2, 0) is 4.74 Å². The number of hydrogen-bond acceptors (Lipinski definition) is 2. The van der Waals surface area contributed by atoms with E-state index in [1.54, 1.807) is 0 Å². The molecule has 0 radical (unpaired) electrons. The highest BCUT2D eigenvalue weighted by molar-refractivity contribution is 9.09. The molecule has 0 aromatic carbocycles. The Hall–Kier alpha value is 0.400. The van der Waals surface area contributed by atoms with E-state index in [9.17, 15) is 0 Å². The average molecular weight is 278 g/mol. The highest BCUT2D eigenvalue weighted by Crippen LogP contribution is 2.20. The van der Waals surface area contributed by atoms with Crippen molar-refractivity contribution >= 4 is 15.9 Å². The molecule has 1 aliphatic heterocycles. The Bertz CT molecular complexity index is 166. The monoisotopic (exact) mass is 277 g/mol. The summed E-state index contributed by atoms with van der Waals surface area (Å²) in [5.74, 6) is 0. The highest BCUT2D eigenvalue weighted by atomic mass is 79.9. The fourth-order valence-corrected chi connectivity index (χ4v) is 2.60. The minimum atomic E-state index is 0.479. The molecule has 1 rings (SSSR count). The Labute approximate surface area is 102 Å². The summed E-state index contributed by atoms with van der Waals surface area (Å²) in [6.07, 6.45) is 6.02. The molecule has 0 spiro atoms. The number of hydrogen-bond donors (Lipinski definition) is 0. The summed E-state index contributed by atoms with van der Waals surface area (Å²) in [4.78, 5) is 2.53. The van der Waals surface area contributed by atoms with E-state index in [-0.39, 0.29) is 0 Å². The molecule has 1 heterocycles. The zero-order chi connectivity index (χ0) is 11.1. The molecule has 0 aliphatic carbocycles. The lowest BCUT2D eigenvalue weighted by atomic mass is 10.2. The molecule has 1 aliphatic rings. The maximum atomic E-state index is 5.86. The number of rotatable bonds is 7. The van der Waals surface area contributed by atoms with Crippen LogP contribution in [0.4, 0.5) is 0 Å². The quantitative estimate of drug-likeness (QED) is 0.664. The molecular weight excluding hydrogens is 254 g/mol. The van der Waals surface area contributed by atoms with Gasteiger partial charge in [-0.1, -0.05) is 29.3 Å². The highest BCUT2D eigenvalue weighted by Gasteiger charge is 2.23. The van der Waals surface area contributed by atoms with E-state index >= 15 is 0 Å². The first-order valence-corrected chi connectivity index (χ1v) is 7.32. The molecule has 0 saturated carbocycles. The van der Waals surface area contributed by atoms with Crippen molar-refractivity contribution in [1.82, 2.24) is 4.90 Å². The van der Waals surface area contributed by atoms with Crippen molar-refractivity contribution in [3.05, 3.63) is 0 Å². The Morgan fingerprint density at radius 3 is 2.67 bits per heavy atom. The van der Waals surface area contributed by atoms with E-state index in [1.807, 2.05) is 0 Å². The summed E-state index contributed by atoms with van der Waals surface area (Å²) in [5, 5.41) is 1.07. The van der Waals surface area contributed by atoms with Crippen LogP contribution in [-0.4, -0.2) is 42.1 Å². The molecule has 0 amide bonds. The van der Waals surface area contributed by atoms with Gasteiger partial charge in [-0.2, -0.15) is 0 Å². The molecule has 2 unspecified atom stereocenters. The third-order valence-corrected chi connectivity index (χ3v) is 3.37. The van der Waals surface area contributed by atoms with Crippen LogP contribution in [0.2, 0.25) is 0 Å². The smallest absolute Gasteiger partial charge is 0.0706 e. The van der Waals surface area contributed by atoms with Crippen molar-refractivity contribution in [2.75, 3.05) is 25.0 Å². The molecule has 1 saturated heterocycles. The van der Waals surface area contributed by atoms with Crippen LogP contribution < -0.4 is 0 Å². The first-order chi connectivity index (χ1) is 7.26. The molecule has 2 nitrogen and oxygen atoms in total. The fourth-order valence-electron chi connectivity index (χ4n) is 2.10. The van der Waals surface area contributed by atoms with Crippen LogP contribution in [0, 0.1) is 0 Å².